The first-order valence-corrected chi connectivity index (χ1v) is 8.83. The second-order valence-electron chi connectivity index (χ2n) is 6.97. The number of pyridine rings is 1. The summed E-state index contributed by atoms with van der Waals surface area (Å²) in [4.78, 5) is 32.5. The SMILES string of the molecule is CC(C)C[C@@H](NC(=O)c1ccc2n[nH]c(=O)n2c1)c1nc2ccccc2[nH]1. The highest BCUT2D eigenvalue weighted by molar-refractivity contribution is 5.94. The van der Waals surface area contributed by atoms with Crippen LogP contribution in [0.3, 0.4) is 0 Å². The summed E-state index contributed by atoms with van der Waals surface area (Å²) in [5.74, 6) is 0.818. The van der Waals surface area contributed by atoms with Crippen LogP contribution in [0.2, 0.25) is 0 Å². The predicted molar refractivity (Wildman–Crippen MR) is 102 cm³/mol. The van der Waals surface area contributed by atoms with Gasteiger partial charge in [-0.3, -0.25) is 4.79 Å². The van der Waals surface area contributed by atoms with Crippen molar-refractivity contribution in [1.82, 2.24) is 29.9 Å². The molecule has 0 aliphatic heterocycles. The second-order valence-corrected chi connectivity index (χ2v) is 6.97. The fourth-order valence-electron chi connectivity index (χ4n) is 3.13. The summed E-state index contributed by atoms with van der Waals surface area (Å²) in [6.45, 7) is 4.19. The molecule has 4 rings (SSSR count). The summed E-state index contributed by atoms with van der Waals surface area (Å²) in [7, 11) is 0. The highest BCUT2D eigenvalue weighted by atomic mass is 16.2. The molecule has 3 aromatic heterocycles. The van der Waals surface area contributed by atoms with E-state index in [9.17, 15) is 9.59 Å². The van der Waals surface area contributed by atoms with E-state index in [1.807, 2.05) is 24.3 Å². The van der Waals surface area contributed by atoms with Crippen LogP contribution in [0.1, 0.15) is 42.5 Å². The molecule has 1 atom stereocenters. The molecule has 138 valence electrons. The molecule has 3 N–H and O–H groups in total. The molecule has 0 spiro atoms. The van der Waals surface area contributed by atoms with Crippen molar-refractivity contribution in [3.05, 3.63) is 64.5 Å². The van der Waals surface area contributed by atoms with E-state index >= 15 is 0 Å². The number of benzene rings is 1. The number of fused-ring (bicyclic) bond motifs is 2. The minimum absolute atomic E-state index is 0.262. The van der Waals surface area contributed by atoms with Gasteiger partial charge in [-0.25, -0.2) is 19.3 Å². The average Bonchev–Trinajstić information content (AvgIpc) is 3.24. The molecule has 4 aromatic rings. The summed E-state index contributed by atoms with van der Waals surface area (Å²) in [6, 6.07) is 10.8. The Labute approximate surface area is 154 Å². The normalized spacial score (nSPS) is 12.7. The number of aromatic amines is 2. The van der Waals surface area contributed by atoms with Crippen LogP contribution >= 0.6 is 0 Å². The third-order valence-corrected chi connectivity index (χ3v) is 4.42. The maximum atomic E-state index is 12.8. The number of rotatable bonds is 5. The number of H-pyrrole nitrogens is 2. The van der Waals surface area contributed by atoms with Crippen molar-refractivity contribution in [3.63, 3.8) is 0 Å². The maximum Gasteiger partial charge on any atom is 0.347 e. The van der Waals surface area contributed by atoms with Crippen molar-refractivity contribution < 1.29 is 4.79 Å². The van der Waals surface area contributed by atoms with Crippen LogP contribution in [-0.2, 0) is 0 Å². The number of nitrogens with one attached hydrogen (secondary N) is 3. The summed E-state index contributed by atoms with van der Waals surface area (Å²) >= 11 is 0. The minimum atomic E-state index is -0.379. The van der Waals surface area contributed by atoms with Gasteiger partial charge in [-0.15, -0.1) is 0 Å². The van der Waals surface area contributed by atoms with Gasteiger partial charge in [0.1, 0.15) is 5.82 Å². The number of amides is 1. The molecule has 3 heterocycles. The quantitative estimate of drug-likeness (QED) is 0.505. The van der Waals surface area contributed by atoms with Crippen molar-refractivity contribution >= 4 is 22.6 Å². The van der Waals surface area contributed by atoms with Gasteiger partial charge in [0.25, 0.3) is 5.91 Å². The van der Waals surface area contributed by atoms with Crippen molar-refractivity contribution in [1.29, 1.82) is 0 Å². The molecule has 0 aliphatic rings. The lowest BCUT2D eigenvalue weighted by atomic mass is 10.0. The molecule has 0 bridgehead atoms. The van der Waals surface area contributed by atoms with Gasteiger partial charge in [0.15, 0.2) is 5.65 Å². The first kappa shape index (κ1) is 17.0. The number of carbonyl (C=O) groups excluding carboxylic acids is 1. The number of imidazole rings is 1. The smallest absolute Gasteiger partial charge is 0.342 e. The van der Waals surface area contributed by atoms with Gasteiger partial charge < -0.3 is 10.3 Å². The molecule has 0 aliphatic carbocycles. The predicted octanol–water partition coefficient (Wildman–Crippen LogP) is 2.42. The van der Waals surface area contributed by atoms with E-state index in [1.54, 1.807) is 12.1 Å². The first-order valence-electron chi connectivity index (χ1n) is 8.83. The Morgan fingerprint density at radius 3 is 2.81 bits per heavy atom. The topological polar surface area (TPSA) is 108 Å². The molecule has 0 saturated carbocycles. The average molecular weight is 364 g/mol. The van der Waals surface area contributed by atoms with Crippen molar-refractivity contribution in [2.24, 2.45) is 5.92 Å². The van der Waals surface area contributed by atoms with E-state index in [2.05, 4.69) is 39.3 Å². The van der Waals surface area contributed by atoms with Crippen molar-refractivity contribution in [2.45, 2.75) is 26.3 Å². The Balaban J connectivity index is 1.64. The highest BCUT2D eigenvalue weighted by Crippen LogP contribution is 2.22. The van der Waals surface area contributed by atoms with E-state index in [1.165, 1.54) is 10.6 Å². The van der Waals surface area contributed by atoms with Gasteiger partial charge in [0, 0.05) is 6.20 Å². The Morgan fingerprint density at radius 1 is 1.22 bits per heavy atom. The summed E-state index contributed by atoms with van der Waals surface area (Å²) in [5, 5.41) is 9.27. The van der Waals surface area contributed by atoms with Crippen LogP contribution in [-0.4, -0.2) is 30.5 Å². The molecular weight excluding hydrogens is 344 g/mol. The van der Waals surface area contributed by atoms with Crippen LogP contribution in [0.25, 0.3) is 16.7 Å². The number of nitrogens with zero attached hydrogens (tertiary/aromatic N) is 3. The number of hydrogen-bond acceptors (Lipinski definition) is 4. The Morgan fingerprint density at radius 2 is 2.04 bits per heavy atom. The zero-order valence-electron chi connectivity index (χ0n) is 15.1. The van der Waals surface area contributed by atoms with Gasteiger partial charge in [0.05, 0.1) is 22.6 Å². The lowest BCUT2D eigenvalue weighted by molar-refractivity contribution is 0.0929. The fourth-order valence-corrected chi connectivity index (χ4v) is 3.13. The van der Waals surface area contributed by atoms with Crippen LogP contribution in [0.4, 0.5) is 0 Å². The number of hydrogen-bond donors (Lipinski definition) is 3. The van der Waals surface area contributed by atoms with Crippen LogP contribution in [0.15, 0.2) is 47.4 Å². The lowest BCUT2D eigenvalue weighted by Gasteiger charge is -2.18. The zero-order chi connectivity index (χ0) is 19.0. The van der Waals surface area contributed by atoms with E-state index in [0.717, 1.165) is 23.3 Å². The molecule has 1 aromatic carbocycles. The highest BCUT2D eigenvalue weighted by Gasteiger charge is 2.21. The van der Waals surface area contributed by atoms with Crippen molar-refractivity contribution in [3.8, 4) is 0 Å². The van der Waals surface area contributed by atoms with E-state index in [-0.39, 0.29) is 17.6 Å². The molecule has 8 nitrogen and oxygen atoms in total. The molecule has 0 unspecified atom stereocenters. The molecule has 27 heavy (non-hydrogen) atoms. The van der Waals surface area contributed by atoms with Crippen molar-refractivity contribution in [2.75, 3.05) is 0 Å². The van der Waals surface area contributed by atoms with E-state index in [0.29, 0.717) is 17.1 Å². The summed E-state index contributed by atoms with van der Waals surface area (Å²) in [5.41, 5.74) is 2.27. The standard InChI is InChI=1S/C19H20N6O2/c1-11(2)9-15(17-20-13-5-3-4-6-14(13)21-17)22-18(26)12-7-8-16-23-24-19(27)25(16)10-12/h3-8,10-11,15H,9H2,1-2H3,(H,20,21)(H,22,26)(H,24,27)/t15-/m1/s1. The van der Waals surface area contributed by atoms with Crippen LogP contribution in [0, 0.1) is 5.92 Å². The fraction of sp³-hybridized carbons (Fsp3) is 0.263. The third-order valence-electron chi connectivity index (χ3n) is 4.42. The molecule has 1 amide bonds. The first-order chi connectivity index (χ1) is 13.0. The third kappa shape index (κ3) is 3.33. The van der Waals surface area contributed by atoms with Crippen LogP contribution < -0.4 is 11.0 Å². The monoisotopic (exact) mass is 364 g/mol. The molecule has 0 saturated heterocycles. The van der Waals surface area contributed by atoms with Gasteiger partial charge in [-0.2, -0.15) is 5.10 Å². The zero-order valence-corrected chi connectivity index (χ0v) is 15.1. The number of para-hydroxylation sites is 2. The number of carbonyl (C=O) groups is 1. The largest absolute Gasteiger partial charge is 0.347 e. The number of aromatic nitrogens is 5. The second kappa shape index (κ2) is 6.71. The van der Waals surface area contributed by atoms with E-state index in [4.69, 9.17) is 0 Å². The Hall–Kier alpha value is -3.42. The summed E-state index contributed by atoms with van der Waals surface area (Å²) in [6.07, 6.45) is 2.22. The Kier molecular flexibility index (Phi) is 4.23. The minimum Gasteiger partial charge on any atom is -0.342 e. The van der Waals surface area contributed by atoms with Crippen LogP contribution in [0.5, 0.6) is 0 Å². The van der Waals surface area contributed by atoms with Gasteiger partial charge in [-0.05, 0) is 36.6 Å². The molecular formula is C19H20N6O2. The van der Waals surface area contributed by atoms with Gasteiger partial charge >= 0.3 is 5.69 Å². The Bertz CT molecular complexity index is 1140. The van der Waals surface area contributed by atoms with Gasteiger partial charge in [-0.1, -0.05) is 26.0 Å². The molecule has 0 fully saturated rings. The van der Waals surface area contributed by atoms with Gasteiger partial charge in [0.2, 0.25) is 0 Å². The summed E-state index contributed by atoms with van der Waals surface area (Å²) < 4.78 is 1.31. The lowest BCUT2D eigenvalue weighted by Crippen LogP contribution is -2.30. The van der Waals surface area contributed by atoms with E-state index < -0.39 is 0 Å². The maximum absolute atomic E-state index is 12.8. The molecule has 8 heteroatoms. The molecule has 0 radical (unpaired) electrons.